The number of terminal acetylenes is 1. The van der Waals surface area contributed by atoms with Crippen molar-refractivity contribution in [2.24, 2.45) is 0 Å². The molecule has 0 aliphatic carbocycles. The van der Waals surface area contributed by atoms with Crippen LogP contribution >= 0.6 is 11.6 Å². The van der Waals surface area contributed by atoms with Crippen molar-refractivity contribution in [3.05, 3.63) is 63.9 Å². The maximum atomic E-state index is 12.8. The van der Waals surface area contributed by atoms with Crippen LogP contribution in [-0.4, -0.2) is 39.8 Å². The molecule has 1 aliphatic heterocycles. The molecule has 1 aromatic heterocycles. The summed E-state index contributed by atoms with van der Waals surface area (Å²) in [5.41, 5.74) is 2.85. The molecule has 1 fully saturated rings. The first-order valence-electron chi connectivity index (χ1n) is 9.82. The van der Waals surface area contributed by atoms with Crippen LogP contribution in [0.1, 0.15) is 57.9 Å². The van der Waals surface area contributed by atoms with Gasteiger partial charge in [0.2, 0.25) is 0 Å². The van der Waals surface area contributed by atoms with Crippen LogP contribution in [-0.2, 0) is 0 Å². The molecule has 2 aromatic carbocycles. The van der Waals surface area contributed by atoms with E-state index in [1.807, 2.05) is 13.0 Å². The fourth-order valence-electron chi connectivity index (χ4n) is 3.64. The van der Waals surface area contributed by atoms with Crippen molar-refractivity contribution in [2.75, 3.05) is 13.1 Å². The van der Waals surface area contributed by atoms with Crippen molar-refractivity contribution in [2.45, 2.75) is 25.8 Å². The number of likely N-dealkylation sites (tertiary alicyclic amines) is 1. The largest absolute Gasteiger partial charge is 0.342 e. The number of aromatic amines is 1. The molecule has 1 saturated heterocycles. The second-order valence-corrected chi connectivity index (χ2v) is 7.82. The molecule has 1 aliphatic rings. The fourth-order valence-corrected chi connectivity index (χ4v) is 3.81. The lowest BCUT2D eigenvalue weighted by Gasteiger charge is -2.17. The van der Waals surface area contributed by atoms with E-state index in [1.54, 1.807) is 35.2 Å². The minimum Gasteiger partial charge on any atom is -0.342 e. The van der Waals surface area contributed by atoms with Crippen LogP contribution in [0.5, 0.6) is 0 Å². The summed E-state index contributed by atoms with van der Waals surface area (Å²) in [4.78, 5) is 34.9. The van der Waals surface area contributed by atoms with Crippen LogP contribution in [0.4, 0.5) is 0 Å². The second-order valence-electron chi connectivity index (χ2n) is 7.38. The van der Waals surface area contributed by atoms with E-state index in [2.05, 4.69) is 21.2 Å². The summed E-state index contributed by atoms with van der Waals surface area (Å²) < 4.78 is 0. The number of imidazole rings is 1. The van der Waals surface area contributed by atoms with Gasteiger partial charge < -0.3 is 15.2 Å². The number of halogens is 1. The van der Waals surface area contributed by atoms with Crippen molar-refractivity contribution >= 4 is 34.4 Å². The summed E-state index contributed by atoms with van der Waals surface area (Å²) in [6.45, 7) is 3.32. The zero-order valence-electron chi connectivity index (χ0n) is 16.5. The van der Waals surface area contributed by atoms with Gasteiger partial charge >= 0.3 is 0 Å². The van der Waals surface area contributed by atoms with Crippen LogP contribution in [0.2, 0.25) is 5.02 Å². The highest BCUT2D eigenvalue weighted by Crippen LogP contribution is 2.21. The lowest BCUT2D eigenvalue weighted by Crippen LogP contribution is -2.29. The Morgan fingerprint density at radius 3 is 2.73 bits per heavy atom. The summed E-state index contributed by atoms with van der Waals surface area (Å²) in [5.74, 6) is 2.79. The number of aromatic nitrogens is 2. The van der Waals surface area contributed by atoms with Crippen LogP contribution in [0, 0.1) is 12.3 Å². The van der Waals surface area contributed by atoms with Crippen molar-refractivity contribution < 1.29 is 9.59 Å². The van der Waals surface area contributed by atoms with Crippen LogP contribution in [0.3, 0.4) is 0 Å². The van der Waals surface area contributed by atoms with Gasteiger partial charge in [0, 0.05) is 29.2 Å². The molecule has 152 valence electrons. The molecule has 0 radical (unpaired) electrons. The minimum atomic E-state index is -0.358. The third-order valence-electron chi connectivity index (χ3n) is 5.28. The van der Waals surface area contributed by atoms with Crippen LogP contribution in [0.25, 0.3) is 11.0 Å². The quantitative estimate of drug-likeness (QED) is 0.628. The SMILES string of the molecule is C#Cc1cc(C(=O)NC(C)c2nc3ccc(Cl)cc3[nH]2)ccc1C(=O)N1CCCC1. The van der Waals surface area contributed by atoms with E-state index in [0.717, 1.165) is 37.0 Å². The number of carbonyl (C=O) groups excluding carboxylic acids is 2. The molecule has 0 spiro atoms. The van der Waals surface area contributed by atoms with Gasteiger partial charge in [0.25, 0.3) is 11.8 Å². The minimum absolute atomic E-state index is 0.0817. The van der Waals surface area contributed by atoms with E-state index in [9.17, 15) is 9.59 Å². The average molecular weight is 421 g/mol. The Hall–Kier alpha value is -3.30. The van der Waals surface area contributed by atoms with Crippen molar-refractivity contribution in [3.8, 4) is 12.3 Å². The number of H-pyrrole nitrogens is 1. The van der Waals surface area contributed by atoms with E-state index < -0.39 is 0 Å². The average Bonchev–Trinajstić information content (AvgIpc) is 3.42. The van der Waals surface area contributed by atoms with Crippen molar-refractivity contribution in [1.29, 1.82) is 0 Å². The molecule has 0 saturated carbocycles. The first-order chi connectivity index (χ1) is 14.5. The Bertz CT molecular complexity index is 1170. The highest BCUT2D eigenvalue weighted by atomic mass is 35.5. The number of amides is 2. The van der Waals surface area contributed by atoms with Crippen LogP contribution < -0.4 is 5.32 Å². The monoisotopic (exact) mass is 420 g/mol. The van der Waals surface area contributed by atoms with Gasteiger partial charge in [-0.25, -0.2) is 4.98 Å². The summed E-state index contributed by atoms with van der Waals surface area (Å²) >= 11 is 6.02. The normalized spacial score (nSPS) is 14.5. The molecule has 7 heteroatoms. The van der Waals surface area contributed by atoms with E-state index in [-0.39, 0.29) is 17.9 Å². The molecule has 0 bridgehead atoms. The molecular formula is C23H21ClN4O2. The number of benzene rings is 2. The molecule has 2 N–H and O–H groups in total. The van der Waals surface area contributed by atoms with Gasteiger partial charge in [-0.1, -0.05) is 17.5 Å². The van der Waals surface area contributed by atoms with Gasteiger partial charge in [0.05, 0.1) is 22.6 Å². The van der Waals surface area contributed by atoms with Gasteiger partial charge in [-0.2, -0.15) is 0 Å². The lowest BCUT2D eigenvalue weighted by atomic mass is 10.0. The zero-order chi connectivity index (χ0) is 21.3. The first kappa shape index (κ1) is 20.0. The molecule has 1 atom stereocenters. The van der Waals surface area contributed by atoms with Crippen molar-refractivity contribution in [1.82, 2.24) is 20.2 Å². The van der Waals surface area contributed by atoms with E-state index in [0.29, 0.717) is 27.5 Å². The number of hydrogen-bond donors (Lipinski definition) is 2. The number of carbonyl (C=O) groups is 2. The zero-order valence-corrected chi connectivity index (χ0v) is 17.3. The van der Waals surface area contributed by atoms with Crippen molar-refractivity contribution in [3.63, 3.8) is 0 Å². The summed E-state index contributed by atoms with van der Waals surface area (Å²) in [7, 11) is 0. The molecule has 3 aromatic rings. The number of hydrogen-bond acceptors (Lipinski definition) is 3. The van der Waals surface area contributed by atoms with E-state index >= 15 is 0 Å². The van der Waals surface area contributed by atoms with Gasteiger partial charge in [0.15, 0.2) is 0 Å². The van der Waals surface area contributed by atoms with E-state index in [4.69, 9.17) is 18.0 Å². The molecular weight excluding hydrogens is 400 g/mol. The lowest BCUT2D eigenvalue weighted by molar-refractivity contribution is 0.0791. The maximum absolute atomic E-state index is 12.8. The summed E-state index contributed by atoms with van der Waals surface area (Å²) in [5, 5.41) is 3.52. The predicted octanol–water partition coefficient (Wildman–Crippen LogP) is 3.92. The first-order valence-corrected chi connectivity index (χ1v) is 10.2. The number of nitrogens with zero attached hydrogens (tertiary/aromatic N) is 2. The highest BCUT2D eigenvalue weighted by Gasteiger charge is 2.23. The Kier molecular flexibility index (Phi) is 5.47. The second kappa shape index (κ2) is 8.21. The summed E-state index contributed by atoms with van der Waals surface area (Å²) in [6, 6.07) is 9.87. The predicted molar refractivity (Wildman–Crippen MR) is 116 cm³/mol. The number of rotatable bonds is 4. The molecule has 2 heterocycles. The van der Waals surface area contributed by atoms with Gasteiger partial charge in [0.1, 0.15) is 5.82 Å². The standard InChI is InChI=1S/C23H21ClN4O2/c1-3-15-12-16(6-8-18(15)23(30)28-10-4-5-11-28)22(29)25-14(2)21-26-19-9-7-17(24)13-20(19)27-21/h1,6-9,12-14H,4-5,10-11H2,2H3,(H,25,29)(H,26,27). The van der Waals surface area contributed by atoms with E-state index in [1.165, 1.54) is 0 Å². The summed E-state index contributed by atoms with van der Waals surface area (Å²) in [6.07, 6.45) is 7.63. The Morgan fingerprint density at radius 1 is 1.23 bits per heavy atom. The fraction of sp³-hybridized carbons (Fsp3) is 0.261. The third-order valence-corrected chi connectivity index (χ3v) is 5.52. The smallest absolute Gasteiger partial charge is 0.255 e. The van der Waals surface area contributed by atoms with Gasteiger partial charge in [-0.3, -0.25) is 9.59 Å². The molecule has 1 unspecified atom stereocenters. The topological polar surface area (TPSA) is 78.1 Å². The molecule has 2 amide bonds. The van der Waals surface area contributed by atoms with Gasteiger partial charge in [-0.15, -0.1) is 6.42 Å². The Balaban J connectivity index is 1.52. The highest BCUT2D eigenvalue weighted by molar-refractivity contribution is 6.31. The molecule has 4 rings (SSSR count). The Morgan fingerprint density at radius 2 is 2.00 bits per heavy atom. The number of nitrogens with one attached hydrogen (secondary N) is 2. The van der Waals surface area contributed by atoms with Gasteiger partial charge in [-0.05, 0) is 56.2 Å². The maximum Gasteiger partial charge on any atom is 0.255 e. The number of fused-ring (bicyclic) bond motifs is 1. The third kappa shape index (κ3) is 3.89. The molecule has 6 nitrogen and oxygen atoms in total. The molecule has 30 heavy (non-hydrogen) atoms. The van der Waals surface area contributed by atoms with Crippen LogP contribution in [0.15, 0.2) is 36.4 Å². The Labute approximate surface area is 179 Å².